The van der Waals surface area contributed by atoms with Crippen LogP contribution in [-0.2, 0) is 0 Å². The van der Waals surface area contributed by atoms with Gasteiger partial charge in [-0.2, -0.15) is 0 Å². The maximum absolute atomic E-state index is 12.8. The van der Waals surface area contributed by atoms with Gasteiger partial charge in [0.15, 0.2) is 0 Å². The molecule has 2 aromatic rings. The van der Waals surface area contributed by atoms with Gasteiger partial charge < -0.3 is 9.80 Å². The normalized spacial score (nSPS) is 15.8. The van der Waals surface area contributed by atoms with Gasteiger partial charge in [-0.25, -0.2) is 9.97 Å². The molecule has 0 unspecified atom stereocenters. The van der Waals surface area contributed by atoms with Crippen molar-refractivity contribution in [3.8, 4) is 0 Å². The van der Waals surface area contributed by atoms with E-state index in [0.717, 1.165) is 31.7 Å². The van der Waals surface area contributed by atoms with Gasteiger partial charge in [-0.1, -0.05) is 0 Å². The molecule has 0 spiro atoms. The number of amides is 1. The molecule has 3 heterocycles. The molecule has 1 fully saturated rings. The van der Waals surface area contributed by atoms with Crippen LogP contribution in [0, 0.1) is 0 Å². The first-order chi connectivity index (χ1) is 10.7. The minimum absolute atomic E-state index is 0.0781. The first kappa shape index (κ1) is 15.0. The Morgan fingerprint density at radius 3 is 2.68 bits per heavy atom. The van der Waals surface area contributed by atoms with E-state index in [4.69, 9.17) is 0 Å². The maximum Gasteiger partial charge on any atom is 0.257 e. The largest absolute Gasteiger partial charge is 0.362 e. The minimum Gasteiger partial charge on any atom is -0.362 e. The fraction of sp³-hybridized carbons (Fsp3) is 0.438. The van der Waals surface area contributed by atoms with Crippen LogP contribution in [0.15, 0.2) is 29.9 Å². The van der Waals surface area contributed by atoms with Crippen LogP contribution in [0.2, 0.25) is 0 Å². The summed E-state index contributed by atoms with van der Waals surface area (Å²) in [5, 5.41) is 3.22. The summed E-state index contributed by atoms with van der Waals surface area (Å²) >= 11 is 1.71. The van der Waals surface area contributed by atoms with Crippen molar-refractivity contribution in [1.29, 1.82) is 0 Å². The molecule has 0 atom stereocenters. The Morgan fingerprint density at radius 1 is 1.27 bits per heavy atom. The number of piperidine rings is 1. The number of carbonyl (C=O) groups excluding carboxylic acids is 1. The van der Waals surface area contributed by atoms with Crippen LogP contribution in [-0.4, -0.2) is 48.0 Å². The Labute approximate surface area is 134 Å². The zero-order valence-electron chi connectivity index (χ0n) is 12.9. The van der Waals surface area contributed by atoms with Gasteiger partial charge in [-0.3, -0.25) is 4.79 Å². The Balaban J connectivity index is 1.70. The van der Waals surface area contributed by atoms with Crippen molar-refractivity contribution in [2.45, 2.75) is 18.8 Å². The topological polar surface area (TPSA) is 49.3 Å². The number of hydrogen-bond acceptors (Lipinski definition) is 5. The molecule has 22 heavy (non-hydrogen) atoms. The van der Waals surface area contributed by atoms with Crippen LogP contribution in [0.4, 0.5) is 5.82 Å². The molecule has 116 valence electrons. The lowest BCUT2D eigenvalue weighted by atomic mass is 9.97. The number of nitrogens with zero attached hydrogens (tertiary/aromatic N) is 4. The van der Waals surface area contributed by atoms with Crippen LogP contribution in [0.3, 0.4) is 0 Å². The van der Waals surface area contributed by atoms with Crippen LogP contribution in [0.25, 0.3) is 0 Å². The van der Waals surface area contributed by atoms with E-state index in [-0.39, 0.29) is 5.91 Å². The van der Waals surface area contributed by atoms with Gasteiger partial charge in [-0.05, 0) is 25.0 Å². The average molecular weight is 316 g/mol. The molecule has 2 aromatic heterocycles. The second-order valence-electron chi connectivity index (χ2n) is 5.71. The van der Waals surface area contributed by atoms with Gasteiger partial charge in [-0.15, -0.1) is 11.3 Å². The fourth-order valence-electron chi connectivity index (χ4n) is 2.86. The Hall–Kier alpha value is -1.95. The van der Waals surface area contributed by atoms with E-state index in [1.165, 1.54) is 5.01 Å². The summed E-state index contributed by atoms with van der Waals surface area (Å²) in [6.45, 7) is 1.57. The Kier molecular flexibility index (Phi) is 4.38. The van der Waals surface area contributed by atoms with Crippen LogP contribution in [0.5, 0.6) is 0 Å². The molecule has 6 heteroatoms. The summed E-state index contributed by atoms with van der Waals surface area (Å²) in [5.41, 5.74) is 0.681. The third kappa shape index (κ3) is 2.97. The van der Waals surface area contributed by atoms with E-state index < -0.39 is 0 Å². The predicted octanol–water partition coefficient (Wildman–Crippen LogP) is 2.62. The molecule has 0 saturated carbocycles. The molecule has 3 rings (SSSR count). The molecule has 0 aromatic carbocycles. The molecule has 1 saturated heterocycles. The van der Waals surface area contributed by atoms with E-state index in [2.05, 4.69) is 9.97 Å². The van der Waals surface area contributed by atoms with Gasteiger partial charge >= 0.3 is 0 Å². The van der Waals surface area contributed by atoms with Crippen molar-refractivity contribution in [2.75, 3.05) is 32.1 Å². The van der Waals surface area contributed by atoms with Crippen molar-refractivity contribution in [2.24, 2.45) is 0 Å². The average Bonchev–Trinajstić information content (AvgIpc) is 3.09. The summed E-state index contributed by atoms with van der Waals surface area (Å²) in [6.07, 6.45) is 5.55. The number of likely N-dealkylation sites (tertiary alicyclic amines) is 1. The van der Waals surface area contributed by atoms with Gasteiger partial charge in [0.1, 0.15) is 5.82 Å². The lowest BCUT2D eigenvalue weighted by molar-refractivity contribution is 0.0713. The second-order valence-corrected chi connectivity index (χ2v) is 6.63. The molecule has 1 aliphatic rings. The van der Waals surface area contributed by atoms with Crippen molar-refractivity contribution >= 4 is 23.1 Å². The van der Waals surface area contributed by atoms with Gasteiger partial charge in [0.2, 0.25) is 0 Å². The zero-order chi connectivity index (χ0) is 15.5. The van der Waals surface area contributed by atoms with E-state index in [1.807, 2.05) is 47.6 Å². The SMILES string of the molecule is CN(C)c1ncccc1C(=O)N1CCC(c2nccs2)CC1. The number of aromatic nitrogens is 2. The van der Waals surface area contributed by atoms with E-state index in [9.17, 15) is 4.79 Å². The predicted molar refractivity (Wildman–Crippen MR) is 88.6 cm³/mol. The standard InChI is InChI=1S/C16H20N4OS/c1-19(2)14-13(4-3-7-17-14)16(21)20-9-5-12(6-10-20)15-18-8-11-22-15/h3-4,7-8,11-12H,5-6,9-10H2,1-2H3. The number of rotatable bonds is 3. The van der Waals surface area contributed by atoms with E-state index in [1.54, 1.807) is 17.5 Å². The summed E-state index contributed by atoms with van der Waals surface area (Å²) < 4.78 is 0. The molecular weight excluding hydrogens is 296 g/mol. The molecule has 1 aliphatic heterocycles. The second kappa shape index (κ2) is 6.44. The fourth-order valence-corrected chi connectivity index (χ4v) is 3.67. The number of hydrogen-bond donors (Lipinski definition) is 0. The lowest BCUT2D eigenvalue weighted by Gasteiger charge is -2.31. The monoisotopic (exact) mass is 316 g/mol. The summed E-state index contributed by atoms with van der Waals surface area (Å²) in [6, 6.07) is 3.68. The first-order valence-electron chi connectivity index (χ1n) is 7.48. The maximum atomic E-state index is 12.8. The number of pyridine rings is 1. The summed E-state index contributed by atoms with van der Waals surface area (Å²) in [4.78, 5) is 25.3. The summed E-state index contributed by atoms with van der Waals surface area (Å²) in [5.74, 6) is 1.30. The molecule has 5 nitrogen and oxygen atoms in total. The lowest BCUT2D eigenvalue weighted by Crippen LogP contribution is -2.38. The smallest absolute Gasteiger partial charge is 0.257 e. The summed E-state index contributed by atoms with van der Waals surface area (Å²) in [7, 11) is 3.82. The quantitative estimate of drug-likeness (QED) is 0.873. The molecule has 0 aliphatic carbocycles. The van der Waals surface area contributed by atoms with Gasteiger partial charge in [0.25, 0.3) is 5.91 Å². The zero-order valence-corrected chi connectivity index (χ0v) is 13.7. The molecule has 0 N–H and O–H groups in total. The molecule has 0 radical (unpaired) electrons. The van der Waals surface area contributed by atoms with Crippen molar-refractivity contribution in [3.63, 3.8) is 0 Å². The third-order valence-electron chi connectivity index (χ3n) is 4.02. The number of thiazole rings is 1. The molecular formula is C16H20N4OS. The highest BCUT2D eigenvalue weighted by Crippen LogP contribution is 2.30. The molecule has 1 amide bonds. The Morgan fingerprint density at radius 2 is 2.05 bits per heavy atom. The van der Waals surface area contributed by atoms with Crippen molar-refractivity contribution in [3.05, 3.63) is 40.5 Å². The van der Waals surface area contributed by atoms with Crippen LogP contribution in [0.1, 0.15) is 34.1 Å². The number of anilines is 1. The van der Waals surface area contributed by atoms with Gasteiger partial charge in [0, 0.05) is 50.9 Å². The highest BCUT2D eigenvalue weighted by Gasteiger charge is 2.27. The molecule has 0 bridgehead atoms. The Bertz CT molecular complexity index is 633. The van der Waals surface area contributed by atoms with E-state index >= 15 is 0 Å². The third-order valence-corrected chi connectivity index (χ3v) is 4.96. The highest BCUT2D eigenvalue weighted by atomic mass is 32.1. The highest BCUT2D eigenvalue weighted by molar-refractivity contribution is 7.09. The van der Waals surface area contributed by atoms with Gasteiger partial charge in [0.05, 0.1) is 10.6 Å². The van der Waals surface area contributed by atoms with Crippen LogP contribution >= 0.6 is 11.3 Å². The van der Waals surface area contributed by atoms with Crippen molar-refractivity contribution in [1.82, 2.24) is 14.9 Å². The minimum atomic E-state index is 0.0781. The van der Waals surface area contributed by atoms with E-state index in [0.29, 0.717) is 11.5 Å². The van der Waals surface area contributed by atoms with Crippen molar-refractivity contribution < 1.29 is 4.79 Å². The first-order valence-corrected chi connectivity index (χ1v) is 8.36. The van der Waals surface area contributed by atoms with Crippen LogP contribution < -0.4 is 4.90 Å². The number of carbonyl (C=O) groups is 1.